The average molecular weight is 468 g/mol. The number of aryl methyl sites for hydroxylation is 1. The molecule has 1 saturated carbocycles. The SMILES string of the molecule is Cc1cc2c(cc3n2C[C@@](C)(C(=O)NC2CCCCCC2)N(Cc2cccc(Cl)c2)C3=O)o1. The third-order valence-electron chi connectivity index (χ3n) is 7.15. The Morgan fingerprint density at radius 1 is 1.18 bits per heavy atom. The molecule has 7 heteroatoms. The van der Waals surface area contributed by atoms with Gasteiger partial charge in [-0.2, -0.15) is 0 Å². The molecule has 1 atom stereocenters. The molecule has 1 aromatic carbocycles. The van der Waals surface area contributed by atoms with Crippen LogP contribution in [0.2, 0.25) is 5.02 Å². The quantitative estimate of drug-likeness (QED) is 0.519. The number of fused-ring (bicyclic) bond motifs is 3. The van der Waals surface area contributed by atoms with Gasteiger partial charge in [0, 0.05) is 29.7 Å². The number of carbonyl (C=O) groups excluding carboxylic acids is 2. The fraction of sp³-hybridized carbons (Fsp3) is 0.462. The number of amides is 2. The van der Waals surface area contributed by atoms with Gasteiger partial charge >= 0.3 is 0 Å². The molecule has 0 spiro atoms. The van der Waals surface area contributed by atoms with Gasteiger partial charge in [0.25, 0.3) is 5.91 Å². The predicted octanol–water partition coefficient (Wildman–Crippen LogP) is 5.45. The Morgan fingerprint density at radius 3 is 2.67 bits per heavy atom. The first kappa shape index (κ1) is 22.1. The van der Waals surface area contributed by atoms with E-state index in [0.29, 0.717) is 29.4 Å². The van der Waals surface area contributed by atoms with Gasteiger partial charge in [0.1, 0.15) is 17.0 Å². The molecule has 3 heterocycles. The summed E-state index contributed by atoms with van der Waals surface area (Å²) in [6.45, 7) is 4.44. The van der Waals surface area contributed by atoms with Gasteiger partial charge in [-0.3, -0.25) is 9.59 Å². The zero-order chi connectivity index (χ0) is 23.2. The van der Waals surface area contributed by atoms with Crippen molar-refractivity contribution in [2.75, 3.05) is 0 Å². The molecule has 1 aliphatic heterocycles. The first-order valence-corrected chi connectivity index (χ1v) is 12.2. The van der Waals surface area contributed by atoms with Crippen LogP contribution in [0.15, 0.2) is 40.8 Å². The topological polar surface area (TPSA) is 67.5 Å². The van der Waals surface area contributed by atoms with Gasteiger partial charge in [0.15, 0.2) is 5.58 Å². The van der Waals surface area contributed by atoms with Crippen molar-refractivity contribution in [2.45, 2.75) is 77.0 Å². The highest BCUT2D eigenvalue weighted by atomic mass is 35.5. The lowest BCUT2D eigenvalue weighted by atomic mass is 9.93. The predicted molar refractivity (Wildman–Crippen MR) is 128 cm³/mol. The molecule has 0 unspecified atom stereocenters. The van der Waals surface area contributed by atoms with Crippen LogP contribution in [0.3, 0.4) is 0 Å². The highest BCUT2D eigenvalue weighted by Crippen LogP contribution is 2.35. The van der Waals surface area contributed by atoms with E-state index in [1.54, 1.807) is 11.0 Å². The van der Waals surface area contributed by atoms with Gasteiger partial charge in [-0.25, -0.2) is 0 Å². The third-order valence-corrected chi connectivity index (χ3v) is 7.38. The summed E-state index contributed by atoms with van der Waals surface area (Å²) in [7, 11) is 0. The number of furan rings is 1. The molecule has 1 N–H and O–H groups in total. The smallest absolute Gasteiger partial charge is 0.271 e. The van der Waals surface area contributed by atoms with E-state index >= 15 is 0 Å². The maximum Gasteiger partial charge on any atom is 0.271 e. The highest BCUT2D eigenvalue weighted by Gasteiger charge is 2.48. The summed E-state index contributed by atoms with van der Waals surface area (Å²) in [5, 5.41) is 3.91. The molecule has 3 aromatic rings. The molecule has 2 aliphatic rings. The van der Waals surface area contributed by atoms with Crippen LogP contribution in [0.5, 0.6) is 0 Å². The summed E-state index contributed by atoms with van der Waals surface area (Å²) < 4.78 is 7.73. The second-order valence-electron chi connectivity index (χ2n) is 9.68. The molecule has 2 aromatic heterocycles. The number of nitrogens with zero attached hydrogens (tertiary/aromatic N) is 2. The number of halogens is 1. The van der Waals surface area contributed by atoms with E-state index in [9.17, 15) is 9.59 Å². The molecular weight excluding hydrogens is 438 g/mol. The molecule has 174 valence electrons. The summed E-state index contributed by atoms with van der Waals surface area (Å²) >= 11 is 6.21. The molecule has 0 radical (unpaired) electrons. The number of aromatic nitrogens is 1. The minimum Gasteiger partial charge on any atom is -0.460 e. The molecule has 0 saturated heterocycles. The lowest BCUT2D eigenvalue weighted by Crippen LogP contribution is -2.64. The summed E-state index contributed by atoms with van der Waals surface area (Å²) in [4.78, 5) is 29.3. The molecule has 33 heavy (non-hydrogen) atoms. The summed E-state index contributed by atoms with van der Waals surface area (Å²) in [6.07, 6.45) is 6.67. The van der Waals surface area contributed by atoms with Crippen molar-refractivity contribution in [2.24, 2.45) is 0 Å². The number of hydrogen-bond donors (Lipinski definition) is 1. The van der Waals surface area contributed by atoms with Crippen LogP contribution in [0.4, 0.5) is 0 Å². The van der Waals surface area contributed by atoms with Gasteiger partial charge in [0.2, 0.25) is 5.91 Å². The van der Waals surface area contributed by atoms with E-state index in [4.69, 9.17) is 16.0 Å². The van der Waals surface area contributed by atoms with Crippen LogP contribution in [0, 0.1) is 6.92 Å². The van der Waals surface area contributed by atoms with E-state index in [1.165, 1.54) is 12.8 Å². The fourth-order valence-electron chi connectivity index (χ4n) is 5.29. The van der Waals surface area contributed by atoms with Crippen LogP contribution in [-0.2, 0) is 17.9 Å². The Hall–Kier alpha value is -2.73. The van der Waals surface area contributed by atoms with Crippen molar-refractivity contribution in [3.05, 3.63) is 58.4 Å². The zero-order valence-corrected chi connectivity index (χ0v) is 20.0. The number of hydrogen-bond acceptors (Lipinski definition) is 3. The van der Waals surface area contributed by atoms with Crippen LogP contribution in [-0.4, -0.2) is 32.9 Å². The van der Waals surface area contributed by atoms with E-state index < -0.39 is 5.54 Å². The van der Waals surface area contributed by atoms with Gasteiger partial charge in [-0.15, -0.1) is 0 Å². The molecule has 5 rings (SSSR count). The standard InChI is InChI=1S/C26H30ClN3O3/c1-17-12-21-23(33-17)14-22-24(31)30(15-18-8-7-9-19(27)13-18)26(2,16-29(21)22)25(32)28-20-10-5-3-4-6-11-20/h7-9,12-14,20H,3-6,10-11,15-16H2,1-2H3,(H,28,32)/t26-/m0/s1. The number of rotatable bonds is 4. The van der Waals surface area contributed by atoms with Crippen LogP contribution in [0.25, 0.3) is 11.1 Å². The van der Waals surface area contributed by atoms with Crippen LogP contribution in [0.1, 0.15) is 67.3 Å². The minimum atomic E-state index is -1.05. The van der Waals surface area contributed by atoms with E-state index in [2.05, 4.69) is 5.32 Å². The Bertz CT molecular complexity index is 1200. The largest absolute Gasteiger partial charge is 0.460 e. The molecular formula is C26H30ClN3O3. The van der Waals surface area contributed by atoms with Crippen molar-refractivity contribution in [3.63, 3.8) is 0 Å². The number of benzene rings is 1. The number of carbonyl (C=O) groups is 2. The van der Waals surface area contributed by atoms with E-state index in [1.807, 2.05) is 48.7 Å². The van der Waals surface area contributed by atoms with Gasteiger partial charge in [-0.05, 0) is 44.4 Å². The Kier molecular flexibility index (Phi) is 5.73. The maximum atomic E-state index is 13.8. The third kappa shape index (κ3) is 4.05. The Balaban J connectivity index is 1.53. The van der Waals surface area contributed by atoms with E-state index in [-0.39, 0.29) is 17.9 Å². The van der Waals surface area contributed by atoms with Crippen LogP contribution < -0.4 is 5.32 Å². The van der Waals surface area contributed by atoms with Crippen LogP contribution >= 0.6 is 11.6 Å². The highest BCUT2D eigenvalue weighted by molar-refractivity contribution is 6.30. The summed E-state index contributed by atoms with van der Waals surface area (Å²) in [5.41, 5.74) is 1.92. The first-order valence-electron chi connectivity index (χ1n) is 11.8. The van der Waals surface area contributed by atoms with Crippen molar-refractivity contribution in [1.82, 2.24) is 14.8 Å². The van der Waals surface area contributed by atoms with Crippen molar-refractivity contribution in [3.8, 4) is 0 Å². The van der Waals surface area contributed by atoms with Gasteiger partial charge in [-0.1, -0.05) is 49.4 Å². The Labute approximate surface area is 198 Å². The summed E-state index contributed by atoms with van der Waals surface area (Å²) in [5.74, 6) is 0.509. The molecule has 6 nitrogen and oxygen atoms in total. The van der Waals surface area contributed by atoms with Gasteiger partial charge in [0.05, 0.1) is 12.1 Å². The van der Waals surface area contributed by atoms with Gasteiger partial charge < -0.3 is 19.2 Å². The first-order chi connectivity index (χ1) is 15.8. The lowest BCUT2D eigenvalue weighted by molar-refractivity contribution is -0.134. The second kappa shape index (κ2) is 8.56. The lowest BCUT2D eigenvalue weighted by Gasteiger charge is -2.44. The normalized spacial score (nSPS) is 21.8. The fourth-order valence-corrected chi connectivity index (χ4v) is 5.50. The maximum absolute atomic E-state index is 13.8. The van der Waals surface area contributed by atoms with Crippen molar-refractivity contribution < 1.29 is 14.0 Å². The second-order valence-corrected chi connectivity index (χ2v) is 10.1. The molecule has 1 aliphatic carbocycles. The average Bonchev–Trinajstić information content (AvgIpc) is 3.16. The molecule has 0 bridgehead atoms. The molecule has 1 fully saturated rings. The number of nitrogens with one attached hydrogen (secondary N) is 1. The Morgan fingerprint density at radius 2 is 1.94 bits per heavy atom. The summed E-state index contributed by atoms with van der Waals surface area (Å²) in [6, 6.07) is 11.3. The van der Waals surface area contributed by atoms with Crippen molar-refractivity contribution in [1.29, 1.82) is 0 Å². The monoisotopic (exact) mass is 467 g/mol. The van der Waals surface area contributed by atoms with E-state index in [0.717, 1.165) is 42.5 Å². The minimum absolute atomic E-state index is 0.0995. The van der Waals surface area contributed by atoms with Crippen molar-refractivity contribution >= 4 is 34.5 Å². The molecule has 2 amide bonds. The zero-order valence-electron chi connectivity index (χ0n) is 19.2.